The second-order valence-corrected chi connectivity index (χ2v) is 5.48. The fraction of sp³-hybridized carbons (Fsp3) is 0.143. The van der Waals surface area contributed by atoms with Crippen LogP contribution in [0.1, 0.15) is 18.5 Å². The molecule has 0 saturated heterocycles. The van der Waals surface area contributed by atoms with Gasteiger partial charge in [0, 0.05) is 5.02 Å². The van der Waals surface area contributed by atoms with Gasteiger partial charge < -0.3 is 5.32 Å². The molecule has 1 unspecified atom stereocenters. The minimum Gasteiger partial charge on any atom is -0.376 e. The van der Waals surface area contributed by atoms with Crippen LogP contribution in [0.3, 0.4) is 0 Å². The monoisotopic (exact) mass is 335 g/mol. The number of benzene rings is 2. The summed E-state index contributed by atoms with van der Waals surface area (Å²) in [5.74, 6) is -1.14. The summed E-state index contributed by atoms with van der Waals surface area (Å²) >= 11 is 17.4. The normalized spacial score (nSPS) is 12.3. The number of halogens is 5. The third kappa shape index (κ3) is 3.17. The predicted octanol–water partition coefficient (Wildman–Crippen LogP) is 6.10. The van der Waals surface area contributed by atoms with Crippen molar-refractivity contribution in [2.45, 2.75) is 13.0 Å². The number of hydrogen-bond donors (Lipinski definition) is 1. The van der Waals surface area contributed by atoms with E-state index >= 15 is 0 Å². The molecule has 0 radical (unpaired) electrons. The largest absolute Gasteiger partial charge is 0.376 e. The molecule has 0 bridgehead atoms. The zero-order valence-corrected chi connectivity index (χ0v) is 12.6. The van der Waals surface area contributed by atoms with Crippen molar-refractivity contribution in [2.75, 3.05) is 5.32 Å². The van der Waals surface area contributed by atoms with Gasteiger partial charge in [0.2, 0.25) is 0 Å². The summed E-state index contributed by atoms with van der Waals surface area (Å²) in [5.41, 5.74) is 0.698. The topological polar surface area (TPSA) is 12.0 Å². The maximum absolute atomic E-state index is 13.8. The van der Waals surface area contributed by atoms with Gasteiger partial charge in [-0.3, -0.25) is 0 Å². The van der Waals surface area contributed by atoms with Gasteiger partial charge in [0.1, 0.15) is 5.82 Å². The Balaban J connectivity index is 2.31. The minimum atomic E-state index is -0.578. The van der Waals surface area contributed by atoms with E-state index in [1.807, 2.05) is 0 Å². The predicted molar refractivity (Wildman–Crippen MR) is 79.9 cm³/mol. The van der Waals surface area contributed by atoms with Crippen molar-refractivity contribution in [2.24, 2.45) is 0 Å². The van der Waals surface area contributed by atoms with E-state index in [2.05, 4.69) is 5.32 Å². The fourth-order valence-electron chi connectivity index (χ4n) is 1.80. The second kappa shape index (κ2) is 6.17. The molecular formula is C14H10Cl3F2N. The van der Waals surface area contributed by atoms with Crippen molar-refractivity contribution in [3.8, 4) is 0 Å². The number of rotatable bonds is 3. The number of hydrogen-bond acceptors (Lipinski definition) is 1. The van der Waals surface area contributed by atoms with Crippen LogP contribution in [0.25, 0.3) is 0 Å². The molecule has 1 N–H and O–H groups in total. The van der Waals surface area contributed by atoms with Crippen LogP contribution in [0.2, 0.25) is 15.1 Å². The van der Waals surface area contributed by atoms with Gasteiger partial charge >= 0.3 is 0 Å². The second-order valence-electron chi connectivity index (χ2n) is 4.26. The smallest absolute Gasteiger partial charge is 0.164 e. The van der Waals surface area contributed by atoms with Crippen LogP contribution in [-0.2, 0) is 0 Å². The maximum atomic E-state index is 13.8. The van der Waals surface area contributed by atoms with Crippen molar-refractivity contribution in [3.63, 3.8) is 0 Å². The molecule has 0 saturated carbocycles. The lowest BCUT2D eigenvalue weighted by Crippen LogP contribution is -2.09. The molecule has 2 aromatic carbocycles. The first-order chi connectivity index (χ1) is 9.40. The molecule has 0 aliphatic heterocycles. The molecule has 0 amide bonds. The van der Waals surface area contributed by atoms with Crippen LogP contribution >= 0.6 is 34.8 Å². The van der Waals surface area contributed by atoms with Gasteiger partial charge in [-0.2, -0.15) is 0 Å². The van der Waals surface area contributed by atoms with E-state index in [9.17, 15) is 8.78 Å². The summed E-state index contributed by atoms with van der Waals surface area (Å²) < 4.78 is 27.3. The van der Waals surface area contributed by atoms with Crippen LogP contribution in [0.4, 0.5) is 14.5 Å². The highest BCUT2D eigenvalue weighted by atomic mass is 35.5. The van der Waals surface area contributed by atoms with Crippen LogP contribution in [0.5, 0.6) is 0 Å². The zero-order chi connectivity index (χ0) is 14.9. The summed E-state index contributed by atoms with van der Waals surface area (Å²) in [4.78, 5) is 0. The Kier molecular flexibility index (Phi) is 4.74. The minimum absolute atomic E-state index is 0.00980. The van der Waals surface area contributed by atoms with Crippen molar-refractivity contribution < 1.29 is 8.78 Å². The van der Waals surface area contributed by atoms with E-state index in [4.69, 9.17) is 34.8 Å². The molecule has 1 nitrogen and oxygen atoms in total. The molecule has 0 aliphatic rings. The van der Waals surface area contributed by atoms with E-state index in [-0.39, 0.29) is 15.7 Å². The first-order valence-corrected chi connectivity index (χ1v) is 6.88. The van der Waals surface area contributed by atoms with Gasteiger partial charge in [-0.05, 0) is 36.8 Å². The van der Waals surface area contributed by atoms with Crippen LogP contribution in [0.15, 0.2) is 30.3 Å². The first kappa shape index (κ1) is 15.4. The summed E-state index contributed by atoms with van der Waals surface area (Å²) in [6, 6.07) is 6.73. The quantitative estimate of drug-likeness (QED) is 0.668. The average Bonchev–Trinajstić information content (AvgIpc) is 2.39. The molecule has 0 aliphatic carbocycles. The lowest BCUT2D eigenvalue weighted by atomic mass is 10.1. The third-order valence-electron chi connectivity index (χ3n) is 2.83. The van der Waals surface area contributed by atoms with Crippen molar-refractivity contribution >= 4 is 40.5 Å². The van der Waals surface area contributed by atoms with Crippen molar-refractivity contribution in [1.82, 2.24) is 0 Å². The molecule has 0 aromatic heterocycles. The van der Waals surface area contributed by atoms with E-state index in [1.165, 1.54) is 24.3 Å². The van der Waals surface area contributed by atoms with Crippen molar-refractivity contribution in [1.29, 1.82) is 0 Å². The maximum Gasteiger partial charge on any atom is 0.164 e. The lowest BCUT2D eigenvalue weighted by Gasteiger charge is -2.18. The zero-order valence-electron chi connectivity index (χ0n) is 10.4. The molecule has 2 rings (SSSR count). The molecule has 0 heterocycles. The lowest BCUT2D eigenvalue weighted by molar-refractivity contribution is 0.621. The Bertz CT molecular complexity index is 647. The van der Waals surface area contributed by atoms with E-state index in [1.54, 1.807) is 13.0 Å². The van der Waals surface area contributed by atoms with Gasteiger partial charge in [-0.25, -0.2) is 8.78 Å². The highest BCUT2D eigenvalue weighted by Crippen LogP contribution is 2.32. The van der Waals surface area contributed by atoms with Gasteiger partial charge in [0.15, 0.2) is 5.82 Å². The van der Waals surface area contributed by atoms with E-state index in [0.29, 0.717) is 10.6 Å². The Morgan fingerprint density at radius 2 is 1.70 bits per heavy atom. The summed E-state index contributed by atoms with van der Waals surface area (Å²) in [7, 11) is 0. The van der Waals surface area contributed by atoms with Gasteiger partial charge in [-0.15, -0.1) is 0 Å². The molecule has 2 aromatic rings. The summed E-state index contributed by atoms with van der Waals surface area (Å²) in [6.45, 7) is 1.73. The Hall–Kier alpha value is -1.03. The van der Waals surface area contributed by atoms with Gasteiger partial charge in [0.05, 0.1) is 21.8 Å². The highest BCUT2D eigenvalue weighted by molar-refractivity contribution is 6.35. The van der Waals surface area contributed by atoms with Crippen LogP contribution in [-0.4, -0.2) is 0 Å². The Morgan fingerprint density at radius 3 is 2.40 bits per heavy atom. The molecule has 6 heteroatoms. The highest BCUT2D eigenvalue weighted by Gasteiger charge is 2.15. The number of anilines is 1. The molecule has 106 valence electrons. The van der Waals surface area contributed by atoms with E-state index < -0.39 is 17.7 Å². The standard InChI is InChI=1S/C14H10Cl3F2N/c1-7(8-5-12(18)11(17)6-10(8)16)20-13-4-2-3-9(15)14(13)19/h2-7,20H,1H3. The van der Waals surface area contributed by atoms with Crippen LogP contribution < -0.4 is 5.32 Å². The number of nitrogens with one attached hydrogen (secondary N) is 1. The Labute approximate surface area is 130 Å². The summed E-state index contributed by atoms with van der Waals surface area (Å²) in [6.07, 6.45) is 0. The molecule has 20 heavy (non-hydrogen) atoms. The molecular weight excluding hydrogens is 327 g/mol. The molecule has 0 spiro atoms. The first-order valence-electron chi connectivity index (χ1n) is 5.75. The van der Waals surface area contributed by atoms with Crippen LogP contribution in [0, 0.1) is 11.6 Å². The average molecular weight is 337 g/mol. The molecule has 0 fully saturated rings. The van der Waals surface area contributed by atoms with Gasteiger partial charge in [0.25, 0.3) is 0 Å². The summed E-state index contributed by atoms with van der Waals surface area (Å²) in [5, 5.41) is 3.16. The fourth-order valence-corrected chi connectivity index (χ4v) is 2.52. The third-order valence-corrected chi connectivity index (χ3v) is 3.74. The van der Waals surface area contributed by atoms with Gasteiger partial charge in [-0.1, -0.05) is 40.9 Å². The molecule has 1 atom stereocenters. The SMILES string of the molecule is CC(Nc1cccc(Cl)c1F)c1cc(F)c(Cl)cc1Cl. The van der Waals surface area contributed by atoms with Crippen molar-refractivity contribution in [3.05, 3.63) is 62.6 Å². The Morgan fingerprint density at radius 1 is 1.00 bits per heavy atom. The van der Waals surface area contributed by atoms with E-state index in [0.717, 1.165) is 0 Å².